The second-order valence-corrected chi connectivity index (χ2v) is 8.58. The van der Waals surface area contributed by atoms with Gasteiger partial charge in [-0.2, -0.15) is 0 Å². The molecule has 2 N–H and O–H groups in total. The van der Waals surface area contributed by atoms with Gasteiger partial charge >= 0.3 is 11.6 Å². The van der Waals surface area contributed by atoms with Crippen molar-refractivity contribution in [3.05, 3.63) is 33.7 Å². The van der Waals surface area contributed by atoms with Gasteiger partial charge in [0.1, 0.15) is 28.7 Å². The van der Waals surface area contributed by atoms with Crippen molar-refractivity contribution in [3.8, 4) is 11.5 Å². The van der Waals surface area contributed by atoms with Crippen molar-refractivity contribution in [2.75, 3.05) is 6.61 Å². The largest absolute Gasteiger partial charge is 0.487 e. The summed E-state index contributed by atoms with van der Waals surface area (Å²) < 4.78 is 17.3. The molecule has 30 heavy (non-hydrogen) atoms. The molecule has 0 fully saturated rings. The zero-order valence-corrected chi connectivity index (χ0v) is 17.8. The lowest BCUT2D eigenvalue weighted by atomic mass is 9.92. The summed E-state index contributed by atoms with van der Waals surface area (Å²) in [6.45, 7) is 8.75. The molecular weight excluding hydrogens is 390 g/mol. The Balaban J connectivity index is 1.95. The lowest BCUT2D eigenvalue weighted by molar-refractivity contribution is -0.143. The molecule has 0 bridgehead atoms. The van der Waals surface area contributed by atoms with Gasteiger partial charge in [0.2, 0.25) is 0 Å². The number of ether oxygens (including phenoxy) is 2. The van der Waals surface area contributed by atoms with Crippen molar-refractivity contribution in [3.63, 3.8) is 0 Å². The van der Waals surface area contributed by atoms with E-state index in [0.29, 0.717) is 34.5 Å². The van der Waals surface area contributed by atoms with E-state index < -0.39 is 23.5 Å². The SMILES string of the molecule is Cc1cc(=O)oc2c3c(cc(OCC(=O)N[C@H](C(=O)O)C(C)C)c12)OC(C)(C)CC3. The molecule has 1 aliphatic heterocycles. The Morgan fingerprint density at radius 1 is 1.30 bits per heavy atom. The van der Waals surface area contributed by atoms with Gasteiger partial charge in [0.15, 0.2) is 6.61 Å². The summed E-state index contributed by atoms with van der Waals surface area (Å²) in [4.78, 5) is 35.6. The van der Waals surface area contributed by atoms with Crippen LogP contribution >= 0.6 is 0 Å². The molecule has 0 spiro atoms. The highest BCUT2D eigenvalue weighted by Gasteiger charge is 2.31. The fourth-order valence-electron chi connectivity index (χ4n) is 3.61. The third kappa shape index (κ3) is 4.42. The fourth-order valence-corrected chi connectivity index (χ4v) is 3.61. The van der Waals surface area contributed by atoms with E-state index >= 15 is 0 Å². The molecule has 8 heteroatoms. The normalized spacial score (nSPS) is 15.9. The molecule has 1 amide bonds. The number of benzene rings is 1. The molecule has 0 saturated heterocycles. The maximum absolute atomic E-state index is 12.3. The number of aliphatic carboxylic acids is 1. The van der Waals surface area contributed by atoms with E-state index in [9.17, 15) is 19.5 Å². The van der Waals surface area contributed by atoms with Gasteiger partial charge in [0.25, 0.3) is 5.91 Å². The first-order valence-electron chi connectivity index (χ1n) is 9.93. The molecule has 0 aliphatic carbocycles. The maximum Gasteiger partial charge on any atom is 0.336 e. The summed E-state index contributed by atoms with van der Waals surface area (Å²) in [5.74, 6) is -1.05. The summed E-state index contributed by atoms with van der Waals surface area (Å²) in [7, 11) is 0. The molecule has 8 nitrogen and oxygen atoms in total. The van der Waals surface area contributed by atoms with Crippen LogP contribution in [0.25, 0.3) is 11.0 Å². The molecule has 2 heterocycles. The number of hydrogen-bond donors (Lipinski definition) is 2. The van der Waals surface area contributed by atoms with Gasteiger partial charge in [-0.25, -0.2) is 9.59 Å². The molecule has 1 aliphatic rings. The number of fused-ring (bicyclic) bond motifs is 3. The molecule has 0 saturated carbocycles. The van der Waals surface area contributed by atoms with E-state index in [4.69, 9.17) is 13.9 Å². The van der Waals surface area contributed by atoms with Crippen LogP contribution in [-0.2, 0) is 16.0 Å². The third-order valence-electron chi connectivity index (χ3n) is 5.21. The standard InChI is InChI=1S/C22H27NO7/c1-11(2)19(21(26)27)23-16(24)10-28-15-9-14-13(6-7-22(4,5)30-14)20-18(15)12(3)8-17(25)29-20/h8-9,11,19H,6-7,10H2,1-5H3,(H,23,24)(H,26,27)/t19-/m0/s1. The zero-order chi connectivity index (χ0) is 22.2. The van der Waals surface area contributed by atoms with Crippen LogP contribution in [0.15, 0.2) is 21.3 Å². The minimum Gasteiger partial charge on any atom is -0.487 e. The average molecular weight is 417 g/mol. The summed E-state index contributed by atoms with van der Waals surface area (Å²) in [5, 5.41) is 12.3. The number of carboxylic acid groups (broad SMARTS) is 1. The molecule has 0 radical (unpaired) electrons. The van der Waals surface area contributed by atoms with Crippen molar-refractivity contribution in [2.24, 2.45) is 5.92 Å². The van der Waals surface area contributed by atoms with Gasteiger partial charge in [0.05, 0.1) is 5.39 Å². The van der Waals surface area contributed by atoms with Crippen molar-refractivity contribution >= 4 is 22.8 Å². The van der Waals surface area contributed by atoms with Gasteiger partial charge in [-0.3, -0.25) is 4.79 Å². The third-order valence-corrected chi connectivity index (χ3v) is 5.21. The predicted molar refractivity (Wildman–Crippen MR) is 110 cm³/mol. The van der Waals surface area contributed by atoms with Gasteiger partial charge in [-0.15, -0.1) is 0 Å². The van der Waals surface area contributed by atoms with E-state index in [2.05, 4.69) is 5.32 Å². The highest BCUT2D eigenvalue weighted by molar-refractivity contribution is 5.92. The van der Waals surface area contributed by atoms with E-state index in [1.54, 1.807) is 26.8 Å². The molecular formula is C22H27NO7. The Hall–Kier alpha value is -3.03. The van der Waals surface area contributed by atoms with Crippen LogP contribution in [0.4, 0.5) is 0 Å². The number of rotatable bonds is 6. The van der Waals surface area contributed by atoms with Crippen LogP contribution in [0.2, 0.25) is 0 Å². The second kappa shape index (κ2) is 8.01. The Morgan fingerprint density at radius 3 is 2.63 bits per heavy atom. The zero-order valence-electron chi connectivity index (χ0n) is 17.8. The minimum atomic E-state index is -1.11. The quantitative estimate of drug-likeness (QED) is 0.695. The molecule has 3 rings (SSSR count). The Labute approximate surface area is 174 Å². The number of aryl methyl sites for hydroxylation is 2. The lowest BCUT2D eigenvalue weighted by Gasteiger charge is -2.33. The molecule has 0 unspecified atom stereocenters. The minimum absolute atomic E-state index is 0.275. The van der Waals surface area contributed by atoms with Crippen LogP contribution in [-0.4, -0.2) is 35.2 Å². The summed E-state index contributed by atoms with van der Waals surface area (Å²) in [6.07, 6.45) is 1.45. The van der Waals surface area contributed by atoms with E-state index in [0.717, 1.165) is 12.0 Å². The van der Waals surface area contributed by atoms with Gasteiger partial charge in [-0.1, -0.05) is 13.8 Å². The first-order chi connectivity index (χ1) is 14.0. The van der Waals surface area contributed by atoms with Gasteiger partial charge < -0.3 is 24.3 Å². The smallest absolute Gasteiger partial charge is 0.336 e. The van der Waals surface area contributed by atoms with Crippen LogP contribution < -0.4 is 20.4 Å². The Morgan fingerprint density at radius 2 is 2.00 bits per heavy atom. The number of amides is 1. The predicted octanol–water partition coefficient (Wildman–Crippen LogP) is 2.81. The molecule has 162 valence electrons. The summed E-state index contributed by atoms with van der Waals surface area (Å²) in [5.41, 5.74) is 1.01. The lowest BCUT2D eigenvalue weighted by Crippen LogP contribution is -2.46. The number of carbonyl (C=O) groups excluding carboxylic acids is 1. The van der Waals surface area contributed by atoms with Crippen molar-refractivity contribution < 1.29 is 28.6 Å². The highest BCUT2D eigenvalue weighted by Crippen LogP contribution is 2.42. The Bertz CT molecular complexity index is 1050. The second-order valence-electron chi connectivity index (χ2n) is 8.58. The molecule has 1 aromatic heterocycles. The number of hydrogen-bond acceptors (Lipinski definition) is 6. The molecule has 1 atom stereocenters. The first-order valence-corrected chi connectivity index (χ1v) is 9.93. The number of carbonyl (C=O) groups is 2. The number of carboxylic acids is 1. The van der Waals surface area contributed by atoms with Crippen molar-refractivity contribution in [1.29, 1.82) is 0 Å². The Kier molecular flexibility index (Phi) is 5.78. The summed E-state index contributed by atoms with van der Waals surface area (Å²) in [6, 6.07) is 2.06. The van der Waals surface area contributed by atoms with Crippen LogP contribution in [0.3, 0.4) is 0 Å². The summed E-state index contributed by atoms with van der Waals surface area (Å²) >= 11 is 0. The van der Waals surface area contributed by atoms with E-state index in [-0.39, 0.29) is 18.1 Å². The van der Waals surface area contributed by atoms with E-state index in [1.807, 2.05) is 13.8 Å². The fraction of sp³-hybridized carbons (Fsp3) is 0.500. The maximum atomic E-state index is 12.3. The van der Waals surface area contributed by atoms with E-state index in [1.165, 1.54) is 6.07 Å². The molecule has 1 aromatic carbocycles. The average Bonchev–Trinajstić information content (AvgIpc) is 2.62. The molecule has 2 aromatic rings. The van der Waals surface area contributed by atoms with Crippen LogP contribution in [0, 0.1) is 12.8 Å². The number of nitrogens with one attached hydrogen (secondary N) is 1. The van der Waals surface area contributed by atoms with Gasteiger partial charge in [0, 0.05) is 17.7 Å². The monoisotopic (exact) mass is 417 g/mol. The van der Waals surface area contributed by atoms with Crippen molar-refractivity contribution in [2.45, 2.75) is 59.1 Å². The van der Waals surface area contributed by atoms with Crippen LogP contribution in [0.1, 0.15) is 45.2 Å². The van der Waals surface area contributed by atoms with Crippen molar-refractivity contribution in [1.82, 2.24) is 5.32 Å². The first kappa shape index (κ1) is 21.7. The van der Waals surface area contributed by atoms with Gasteiger partial charge in [-0.05, 0) is 45.1 Å². The topological polar surface area (TPSA) is 115 Å². The highest BCUT2D eigenvalue weighted by atomic mass is 16.5. The van der Waals surface area contributed by atoms with Crippen LogP contribution in [0.5, 0.6) is 11.5 Å².